The van der Waals surface area contributed by atoms with Crippen molar-refractivity contribution in [1.29, 1.82) is 0 Å². The summed E-state index contributed by atoms with van der Waals surface area (Å²) >= 11 is 3.47. The fourth-order valence-corrected chi connectivity index (χ4v) is 2.14. The SMILES string of the molecule is CNCc1oc2ccc(Br)cc2c1COC. The van der Waals surface area contributed by atoms with E-state index in [4.69, 9.17) is 9.15 Å². The van der Waals surface area contributed by atoms with E-state index < -0.39 is 0 Å². The third-order valence-electron chi connectivity index (χ3n) is 2.46. The standard InChI is InChI=1S/C12H14BrNO2/c1-14-6-12-10(7-15-2)9-5-8(13)3-4-11(9)16-12/h3-5,14H,6-7H2,1-2H3. The number of hydrogen-bond acceptors (Lipinski definition) is 3. The van der Waals surface area contributed by atoms with E-state index in [1.165, 1.54) is 0 Å². The van der Waals surface area contributed by atoms with E-state index in [9.17, 15) is 0 Å². The van der Waals surface area contributed by atoms with Gasteiger partial charge in [0.15, 0.2) is 0 Å². The first-order chi connectivity index (χ1) is 7.76. The second-order valence-corrected chi connectivity index (χ2v) is 4.52. The maximum Gasteiger partial charge on any atom is 0.134 e. The third kappa shape index (κ3) is 2.14. The summed E-state index contributed by atoms with van der Waals surface area (Å²) in [6.45, 7) is 1.28. The summed E-state index contributed by atoms with van der Waals surface area (Å²) in [5.74, 6) is 0.942. The zero-order chi connectivity index (χ0) is 11.5. The smallest absolute Gasteiger partial charge is 0.134 e. The first kappa shape index (κ1) is 11.6. The van der Waals surface area contributed by atoms with Crippen molar-refractivity contribution in [2.24, 2.45) is 0 Å². The van der Waals surface area contributed by atoms with Gasteiger partial charge in [0, 0.05) is 22.5 Å². The number of methoxy groups -OCH3 is 1. The lowest BCUT2D eigenvalue weighted by Gasteiger charge is -2.00. The van der Waals surface area contributed by atoms with Crippen molar-refractivity contribution in [3.63, 3.8) is 0 Å². The van der Waals surface area contributed by atoms with Crippen LogP contribution >= 0.6 is 15.9 Å². The van der Waals surface area contributed by atoms with Crippen molar-refractivity contribution in [2.45, 2.75) is 13.2 Å². The van der Waals surface area contributed by atoms with Gasteiger partial charge in [-0.25, -0.2) is 0 Å². The molecule has 0 aliphatic heterocycles. The van der Waals surface area contributed by atoms with Crippen molar-refractivity contribution in [3.05, 3.63) is 34.0 Å². The molecule has 1 heterocycles. The fourth-order valence-electron chi connectivity index (χ4n) is 1.78. The van der Waals surface area contributed by atoms with Crippen LogP contribution in [0.3, 0.4) is 0 Å². The second-order valence-electron chi connectivity index (χ2n) is 3.61. The van der Waals surface area contributed by atoms with Gasteiger partial charge >= 0.3 is 0 Å². The van der Waals surface area contributed by atoms with Crippen LogP contribution in [0, 0.1) is 0 Å². The monoisotopic (exact) mass is 283 g/mol. The minimum atomic E-state index is 0.570. The molecular formula is C12H14BrNO2. The Labute approximate surface area is 103 Å². The van der Waals surface area contributed by atoms with Gasteiger partial charge in [-0.1, -0.05) is 15.9 Å². The van der Waals surface area contributed by atoms with Gasteiger partial charge in [-0.3, -0.25) is 0 Å². The predicted octanol–water partition coefficient (Wildman–Crippen LogP) is 3.06. The van der Waals surface area contributed by atoms with Crippen LogP contribution in [0.25, 0.3) is 11.0 Å². The molecule has 2 aromatic rings. The largest absolute Gasteiger partial charge is 0.459 e. The van der Waals surface area contributed by atoms with Gasteiger partial charge in [-0.2, -0.15) is 0 Å². The molecule has 0 spiro atoms. The molecule has 0 unspecified atom stereocenters. The molecular weight excluding hydrogens is 270 g/mol. The Morgan fingerprint density at radius 2 is 2.25 bits per heavy atom. The van der Waals surface area contributed by atoms with Crippen LogP contribution in [0.4, 0.5) is 0 Å². The van der Waals surface area contributed by atoms with Gasteiger partial charge in [0.25, 0.3) is 0 Å². The summed E-state index contributed by atoms with van der Waals surface area (Å²) in [5.41, 5.74) is 2.02. The highest BCUT2D eigenvalue weighted by atomic mass is 79.9. The average molecular weight is 284 g/mol. The molecule has 0 fully saturated rings. The number of hydrogen-bond donors (Lipinski definition) is 1. The number of rotatable bonds is 4. The Morgan fingerprint density at radius 3 is 2.94 bits per heavy atom. The minimum Gasteiger partial charge on any atom is -0.459 e. The summed E-state index contributed by atoms with van der Waals surface area (Å²) in [5, 5.41) is 4.21. The van der Waals surface area contributed by atoms with Gasteiger partial charge in [-0.05, 0) is 25.2 Å². The van der Waals surface area contributed by atoms with Crippen molar-refractivity contribution < 1.29 is 9.15 Å². The summed E-state index contributed by atoms with van der Waals surface area (Å²) in [6.07, 6.45) is 0. The molecule has 1 N–H and O–H groups in total. The lowest BCUT2D eigenvalue weighted by molar-refractivity contribution is 0.183. The summed E-state index contributed by atoms with van der Waals surface area (Å²) in [6, 6.07) is 6.01. The van der Waals surface area contributed by atoms with Crippen LogP contribution < -0.4 is 5.32 Å². The van der Waals surface area contributed by atoms with Crippen molar-refractivity contribution in [3.8, 4) is 0 Å². The Balaban J connectivity index is 2.57. The normalized spacial score (nSPS) is 11.2. The number of halogens is 1. The molecule has 0 radical (unpaired) electrons. The highest BCUT2D eigenvalue weighted by Crippen LogP contribution is 2.29. The Bertz CT molecular complexity index is 493. The molecule has 16 heavy (non-hydrogen) atoms. The maximum atomic E-state index is 5.78. The molecule has 3 nitrogen and oxygen atoms in total. The summed E-state index contributed by atoms with van der Waals surface area (Å²) < 4.78 is 12.1. The molecule has 0 aliphatic carbocycles. The van der Waals surface area contributed by atoms with E-state index in [0.717, 1.165) is 26.8 Å². The average Bonchev–Trinajstić information content (AvgIpc) is 2.58. The van der Waals surface area contributed by atoms with E-state index in [1.807, 2.05) is 19.2 Å². The molecule has 0 amide bonds. The molecule has 86 valence electrons. The Kier molecular flexibility index (Phi) is 3.63. The maximum absolute atomic E-state index is 5.78. The van der Waals surface area contributed by atoms with E-state index in [-0.39, 0.29) is 0 Å². The number of furan rings is 1. The van der Waals surface area contributed by atoms with E-state index in [0.29, 0.717) is 13.2 Å². The highest BCUT2D eigenvalue weighted by molar-refractivity contribution is 9.10. The summed E-state index contributed by atoms with van der Waals surface area (Å²) in [7, 11) is 3.60. The number of benzene rings is 1. The van der Waals surface area contributed by atoms with Gasteiger partial charge in [0.2, 0.25) is 0 Å². The quantitative estimate of drug-likeness (QED) is 0.937. The fraction of sp³-hybridized carbons (Fsp3) is 0.333. The molecule has 0 saturated heterocycles. The molecule has 1 aromatic carbocycles. The minimum absolute atomic E-state index is 0.570. The van der Waals surface area contributed by atoms with Crippen LogP contribution in [0.1, 0.15) is 11.3 Å². The molecule has 0 aliphatic rings. The van der Waals surface area contributed by atoms with Crippen LogP contribution in [0.15, 0.2) is 27.1 Å². The van der Waals surface area contributed by atoms with Gasteiger partial charge in [0.05, 0.1) is 13.2 Å². The first-order valence-electron chi connectivity index (χ1n) is 5.09. The van der Waals surface area contributed by atoms with Crippen molar-refractivity contribution in [2.75, 3.05) is 14.2 Å². The number of nitrogens with one attached hydrogen (secondary N) is 1. The van der Waals surface area contributed by atoms with Crippen molar-refractivity contribution >= 4 is 26.9 Å². The predicted molar refractivity (Wildman–Crippen MR) is 67.4 cm³/mol. The zero-order valence-corrected chi connectivity index (χ0v) is 10.9. The van der Waals surface area contributed by atoms with E-state index >= 15 is 0 Å². The Morgan fingerprint density at radius 1 is 1.44 bits per heavy atom. The second kappa shape index (κ2) is 4.99. The Hall–Kier alpha value is -0.840. The topological polar surface area (TPSA) is 34.4 Å². The van der Waals surface area contributed by atoms with Crippen LogP contribution in [-0.4, -0.2) is 14.2 Å². The third-order valence-corrected chi connectivity index (χ3v) is 2.96. The van der Waals surface area contributed by atoms with Crippen LogP contribution in [0.2, 0.25) is 0 Å². The van der Waals surface area contributed by atoms with Crippen LogP contribution in [0.5, 0.6) is 0 Å². The number of ether oxygens (including phenoxy) is 1. The van der Waals surface area contributed by atoms with E-state index in [1.54, 1.807) is 7.11 Å². The first-order valence-corrected chi connectivity index (χ1v) is 5.89. The van der Waals surface area contributed by atoms with Gasteiger partial charge in [0.1, 0.15) is 11.3 Å². The van der Waals surface area contributed by atoms with E-state index in [2.05, 4.69) is 27.3 Å². The van der Waals surface area contributed by atoms with Gasteiger partial charge in [-0.15, -0.1) is 0 Å². The number of fused-ring (bicyclic) bond motifs is 1. The molecule has 2 rings (SSSR count). The van der Waals surface area contributed by atoms with Crippen molar-refractivity contribution in [1.82, 2.24) is 5.32 Å². The van der Waals surface area contributed by atoms with Gasteiger partial charge < -0.3 is 14.5 Å². The zero-order valence-electron chi connectivity index (χ0n) is 9.34. The molecule has 0 bridgehead atoms. The summed E-state index contributed by atoms with van der Waals surface area (Å²) in [4.78, 5) is 0. The molecule has 4 heteroatoms. The molecule has 0 saturated carbocycles. The highest BCUT2D eigenvalue weighted by Gasteiger charge is 2.13. The lowest BCUT2D eigenvalue weighted by atomic mass is 10.1. The lowest BCUT2D eigenvalue weighted by Crippen LogP contribution is -2.06. The molecule has 0 atom stereocenters. The van der Waals surface area contributed by atoms with Crippen LogP contribution in [-0.2, 0) is 17.9 Å². The molecule has 1 aromatic heterocycles.